The molecule has 4 nitrogen and oxygen atoms in total. The van der Waals surface area contributed by atoms with Crippen molar-refractivity contribution < 1.29 is 9.53 Å². The number of hydrogen-bond acceptors (Lipinski definition) is 3. The van der Waals surface area contributed by atoms with E-state index >= 15 is 0 Å². The third-order valence-corrected chi connectivity index (χ3v) is 4.09. The average molecular weight is 354 g/mol. The molecule has 0 radical (unpaired) electrons. The molecule has 2 rings (SSSR count). The molecule has 0 aliphatic heterocycles. The van der Waals surface area contributed by atoms with Gasteiger partial charge in [-0.2, -0.15) is 0 Å². The number of likely N-dealkylation sites (N-methyl/N-ethyl adjacent to an activating group) is 1. The molecule has 0 aliphatic rings. The van der Waals surface area contributed by atoms with Crippen molar-refractivity contribution >= 4 is 5.91 Å². The summed E-state index contributed by atoms with van der Waals surface area (Å²) in [5.41, 5.74) is 1.95. The molecule has 0 heterocycles. The predicted molar refractivity (Wildman–Crippen MR) is 107 cm³/mol. The smallest absolute Gasteiger partial charge is 0.253 e. The van der Waals surface area contributed by atoms with Crippen molar-refractivity contribution in [2.24, 2.45) is 0 Å². The van der Waals surface area contributed by atoms with Crippen LogP contribution in [0, 0.1) is 0 Å². The van der Waals surface area contributed by atoms with Gasteiger partial charge in [0.05, 0.1) is 6.10 Å². The molecule has 1 amide bonds. The number of nitrogens with zero attached hydrogens (tertiary/aromatic N) is 2. The van der Waals surface area contributed by atoms with Crippen LogP contribution in [0.2, 0.25) is 0 Å². The van der Waals surface area contributed by atoms with E-state index < -0.39 is 0 Å². The highest BCUT2D eigenvalue weighted by atomic mass is 16.5. The van der Waals surface area contributed by atoms with Crippen LogP contribution in [-0.4, -0.2) is 55.5 Å². The molecule has 26 heavy (non-hydrogen) atoms. The molecule has 2 aromatic rings. The summed E-state index contributed by atoms with van der Waals surface area (Å²) in [6.07, 6.45) is 0.980. The van der Waals surface area contributed by atoms with Crippen LogP contribution in [0.3, 0.4) is 0 Å². The fourth-order valence-electron chi connectivity index (χ4n) is 2.68. The maximum absolute atomic E-state index is 13.0. The van der Waals surface area contributed by atoms with E-state index in [1.54, 1.807) is 0 Å². The normalized spacial score (nSPS) is 11.0. The van der Waals surface area contributed by atoms with Crippen LogP contribution in [0.15, 0.2) is 54.6 Å². The van der Waals surface area contributed by atoms with Gasteiger partial charge in [0, 0.05) is 25.2 Å². The maximum Gasteiger partial charge on any atom is 0.253 e. The zero-order valence-electron chi connectivity index (χ0n) is 16.3. The van der Waals surface area contributed by atoms with Crippen molar-refractivity contribution in [1.82, 2.24) is 9.80 Å². The molecule has 0 saturated heterocycles. The van der Waals surface area contributed by atoms with Crippen molar-refractivity contribution in [3.8, 4) is 5.75 Å². The summed E-state index contributed by atoms with van der Waals surface area (Å²) >= 11 is 0. The molecule has 0 atom stereocenters. The van der Waals surface area contributed by atoms with E-state index in [1.807, 2.05) is 75.3 Å². The van der Waals surface area contributed by atoms with Crippen molar-refractivity contribution in [3.05, 3.63) is 65.7 Å². The monoisotopic (exact) mass is 354 g/mol. The van der Waals surface area contributed by atoms with Crippen LogP contribution >= 0.6 is 0 Å². The van der Waals surface area contributed by atoms with E-state index in [-0.39, 0.29) is 12.0 Å². The van der Waals surface area contributed by atoms with Crippen LogP contribution in [0.5, 0.6) is 5.75 Å². The first-order chi connectivity index (χ1) is 12.5. The molecule has 0 N–H and O–H groups in total. The number of carbonyl (C=O) groups excluding carboxylic acids is 1. The minimum Gasteiger partial charge on any atom is -0.491 e. The average Bonchev–Trinajstić information content (AvgIpc) is 2.62. The number of benzene rings is 2. The van der Waals surface area contributed by atoms with Gasteiger partial charge in [0.25, 0.3) is 5.91 Å². The van der Waals surface area contributed by atoms with E-state index in [9.17, 15) is 4.79 Å². The van der Waals surface area contributed by atoms with E-state index in [4.69, 9.17) is 4.74 Å². The Morgan fingerprint density at radius 3 is 2.15 bits per heavy atom. The number of ether oxygens (including phenoxy) is 1. The van der Waals surface area contributed by atoms with Gasteiger partial charge in [0.2, 0.25) is 0 Å². The second-order valence-corrected chi connectivity index (χ2v) is 7.02. The first-order valence-corrected chi connectivity index (χ1v) is 9.20. The van der Waals surface area contributed by atoms with Crippen LogP contribution in [0.4, 0.5) is 0 Å². The van der Waals surface area contributed by atoms with Crippen molar-refractivity contribution in [2.75, 3.05) is 33.7 Å². The molecule has 0 aliphatic carbocycles. The summed E-state index contributed by atoms with van der Waals surface area (Å²) in [5.74, 6) is 0.861. The van der Waals surface area contributed by atoms with E-state index in [2.05, 4.69) is 17.0 Å². The first kappa shape index (κ1) is 20.0. The molecule has 2 aromatic carbocycles. The molecule has 0 unspecified atom stereocenters. The third kappa shape index (κ3) is 6.52. The topological polar surface area (TPSA) is 32.8 Å². The molecule has 0 aromatic heterocycles. The molecule has 4 heteroatoms. The molecule has 0 bridgehead atoms. The summed E-state index contributed by atoms with van der Waals surface area (Å²) in [6.45, 7) is 6.25. The zero-order chi connectivity index (χ0) is 18.9. The molecule has 0 spiro atoms. The fourth-order valence-corrected chi connectivity index (χ4v) is 2.68. The lowest BCUT2D eigenvalue weighted by atomic mass is 10.1. The highest BCUT2D eigenvalue weighted by Crippen LogP contribution is 2.15. The Labute approximate surface area is 157 Å². The fraction of sp³-hybridized carbons (Fsp3) is 0.409. The standard InChI is InChI=1S/C22H30N2O2/c1-18(2)26-21-12-10-20(11-13-21)22(25)24(17-16-23(3)4)15-14-19-8-6-5-7-9-19/h5-13,18H,14-17H2,1-4H3. The van der Waals surface area contributed by atoms with Gasteiger partial charge < -0.3 is 14.5 Å². The van der Waals surface area contributed by atoms with E-state index in [1.165, 1.54) is 5.56 Å². The highest BCUT2D eigenvalue weighted by Gasteiger charge is 2.16. The first-order valence-electron chi connectivity index (χ1n) is 9.20. The summed E-state index contributed by atoms with van der Waals surface area (Å²) in [5, 5.41) is 0. The van der Waals surface area contributed by atoms with Crippen molar-refractivity contribution in [2.45, 2.75) is 26.4 Å². The third-order valence-electron chi connectivity index (χ3n) is 4.09. The Hall–Kier alpha value is -2.33. The van der Waals surface area contributed by atoms with E-state index in [0.717, 1.165) is 18.7 Å². The van der Waals surface area contributed by atoms with Gasteiger partial charge in [-0.15, -0.1) is 0 Å². The van der Waals surface area contributed by atoms with Gasteiger partial charge in [-0.05, 0) is 64.2 Å². The largest absolute Gasteiger partial charge is 0.491 e. The lowest BCUT2D eigenvalue weighted by Crippen LogP contribution is -2.38. The second kappa shape index (κ2) is 9.97. The van der Waals surface area contributed by atoms with Gasteiger partial charge >= 0.3 is 0 Å². The number of rotatable bonds is 9. The van der Waals surface area contributed by atoms with Crippen LogP contribution in [-0.2, 0) is 6.42 Å². The summed E-state index contributed by atoms with van der Waals surface area (Å²) in [4.78, 5) is 17.0. The highest BCUT2D eigenvalue weighted by molar-refractivity contribution is 5.94. The van der Waals surface area contributed by atoms with Gasteiger partial charge in [0.1, 0.15) is 5.75 Å². The quantitative estimate of drug-likeness (QED) is 0.688. The summed E-state index contributed by atoms with van der Waals surface area (Å²) < 4.78 is 5.66. The van der Waals surface area contributed by atoms with Crippen LogP contribution in [0.1, 0.15) is 29.8 Å². The Morgan fingerprint density at radius 2 is 1.58 bits per heavy atom. The van der Waals surface area contributed by atoms with Crippen molar-refractivity contribution in [3.63, 3.8) is 0 Å². The van der Waals surface area contributed by atoms with Gasteiger partial charge in [-0.25, -0.2) is 0 Å². The Bertz CT molecular complexity index is 666. The zero-order valence-corrected chi connectivity index (χ0v) is 16.3. The Kier molecular flexibility index (Phi) is 7.67. The minimum absolute atomic E-state index is 0.0684. The van der Waals surface area contributed by atoms with Crippen molar-refractivity contribution in [1.29, 1.82) is 0 Å². The number of hydrogen-bond donors (Lipinski definition) is 0. The van der Waals surface area contributed by atoms with Gasteiger partial charge in [0.15, 0.2) is 0 Å². The van der Waals surface area contributed by atoms with Crippen LogP contribution in [0.25, 0.3) is 0 Å². The minimum atomic E-state index is 0.0684. The predicted octanol–water partition coefficient (Wildman–Crippen LogP) is 3.72. The Morgan fingerprint density at radius 1 is 0.923 bits per heavy atom. The summed E-state index contributed by atoms with van der Waals surface area (Å²) in [7, 11) is 4.05. The van der Waals surface area contributed by atoms with E-state index in [0.29, 0.717) is 18.7 Å². The molecule has 0 saturated carbocycles. The van der Waals surface area contributed by atoms with Crippen LogP contribution < -0.4 is 4.74 Å². The molecule has 140 valence electrons. The lowest BCUT2D eigenvalue weighted by molar-refractivity contribution is 0.0747. The number of amides is 1. The Balaban J connectivity index is 2.06. The second-order valence-electron chi connectivity index (χ2n) is 7.02. The number of carbonyl (C=O) groups is 1. The summed E-state index contributed by atoms with van der Waals surface area (Å²) in [6, 6.07) is 17.7. The maximum atomic E-state index is 13.0. The molecular weight excluding hydrogens is 324 g/mol. The molecule has 0 fully saturated rings. The SMILES string of the molecule is CC(C)Oc1ccc(C(=O)N(CCc2ccccc2)CCN(C)C)cc1. The lowest BCUT2D eigenvalue weighted by Gasteiger charge is -2.25. The molecular formula is C22H30N2O2. The van der Waals surface area contributed by atoms with Gasteiger partial charge in [-0.3, -0.25) is 4.79 Å². The van der Waals surface area contributed by atoms with Gasteiger partial charge in [-0.1, -0.05) is 30.3 Å².